The molecule has 152 valence electrons. The van der Waals surface area contributed by atoms with Gasteiger partial charge in [0, 0.05) is 38.9 Å². The van der Waals surface area contributed by atoms with Crippen molar-refractivity contribution in [1.82, 2.24) is 15.2 Å². The van der Waals surface area contributed by atoms with Crippen LogP contribution in [0.4, 0.5) is 13.2 Å². The number of pyridine rings is 1. The molecule has 1 aromatic rings. The second kappa shape index (κ2) is 9.29. The first-order valence-corrected chi connectivity index (χ1v) is 8.99. The Kier molecular flexibility index (Phi) is 7.58. The fraction of sp³-hybridized carbons (Fsp3) is 0.667. The molecule has 2 fully saturated rings. The fourth-order valence-electron chi connectivity index (χ4n) is 3.96. The first-order valence-electron chi connectivity index (χ1n) is 8.99. The number of guanidine groups is 1. The zero-order chi connectivity index (χ0) is 18.6. The second-order valence-electron chi connectivity index (χ2n) is 7.19. The van der Waals surface area contributed by atoms with Gasteiger partial charge in [-0.2, -0.15) is 13.2 Å². The molecule has 1 N–H and O–H groups in total. The molecule has 5 nitrogen and oxygen atoms in total. The number of hydrogen-bond donors (Lipinski definition) is 1. The zero-order valence-corrected chi connectivity index (χ0v) is 17.7. The van der Waals surface area contributed by atoms with Crippen LogP contribution in [0.25, 0.3) is 0 Å². The van der Waals surface area contributed by atoms with E-state index in [0.29, 0.717) is 12.0 Å². The van der Waals surface area contributed by atoms with Crippen molar-refractivity contribution >= 4 is 29.9 Å². The smallest absolute Gasteiger partial charge is 0.422 e. The van der Waals surface area contributed by atoms with E-state index < -0.39 is 12.8 Å². The van der Waals surface area contributed by atoms with Crippen molar-refractivity contribution in [2.75, 3.05) is 26.7 Å². The molecule has 1 saturated carbocycles. The minimum Gasteiger partial charge on any atom is -0.468 e. The van der Waals surface area contributed by atoms with Crippen LogP contribution in [0.15, 0.2) is 23.3 Å². The summed E-state index contributed by atoms with van der Waals surface area (Å²) in [4.78, 5) is 10.5. The van der Waals surface area contributed by atoms with Gasteiger partial charge in [0.2, 0.25) is 5.88 Å². The highest BCUT2D eigenvalue weighted by Crippen LogP contribution is 2.45. The Morgan fingerprint density at radius 2 is 2.07 bits per heavy atom. The molecule has 9 heteroatoms. The van der Waals surface area contributed by atoms with Crippen LogP contribution < -0.4 is 10.1 Å². The molecule has 0 atom stereocenters. The van der Waals surface area contributed by atoms with Gasteiger partial charge in [0.25, 0.3) is 0 Å². The number of rotatable bonds is 4. The first kappa shape index (κ1) is 22.0. The van der Waals surface area contributed by atoms with Crippen molar-refractivity contribution in [1.29, 1.82) is 0 Å². The molecule has 0 bridgehead atoms. The summed E-state index contributed by atoms with van der Waals surface area (Å²) in [6, 6.07) is 3.28. The Morgan fingerprint density at radius 1 is 1.33 bits per heavy atom. The number of likely N-dealkylation sites (tertiary alicyclic amines) is 1. The summed E-state index contributed by atoms with van der Waals surface area (Å²) >= 11 is 0. The van der Waals surface area contributed by atoms with E-state index in [9.17, 15) is 13.2 Å². The number of hydrogen-bond acceptors (Lipinski definition) is 3. The van der Waals surface area contributed by atoms with E-state index in [-0.39, 0.29) is 29.9 Å². The van der Waals surface area contributed by atoms with Crippen LogP contribution in [-0.2, 0) is 6.54 Å². The van der Waals surface area contributed by atoms with Gasteiger partial charge in [-0.1, -0.05) is 12.8 Å². The molecule has 1 aliphatic heterocycles. The minimum atomic E-state index is -4.37. The van der Waals surface area contributed by atoms with Gasteiger partial charge in [0.05, 0.1) is 0 Å². The van der Waals surface area contributed by atoms with Gasteiger partial charge in [-0.05, 0) is 36.3 Å². The fourth-order valence-corrected chi connectivity index (χ4v) is 3.96. The number of aromatic nitrogens is 1. The van der Waals surface area contributed by atoms with Crippen molar-refractivity contribution < 1.29 is 17.9 Å². The number of halogens is 4. The average Bonchev–Trinajstić information content (AvgIpc) is 3.24. The number of ether oxygens (including phenoxy) is 1. The molecular weight excluding hydrogens is 472 g/mol. The van der Waals surface area contributed by atoms with Crippen molar-refractivity contribution in [3.05, 3.63) is 23.9 Å². The molecule has 1 spiro atoms. The standard InChI is InChI=1S/C18H25F3N4O.HI/c1-22-16(25-9-7-17(12-25)5-2-3-6-17)24-11-14-4-8-23-15(10-14)26-13-18(19,20)21;/h4,8,10H,2-3,5-7,9,11-13H2,1H3,(H,22,24);1H. The lowest BCUT2D eigenvalue weighted by Gasteiger charge is -2.26. The third-order valence-corrected chi connectivity index (χ3v) is 5.25. The molecule has 1 aromatic heterocycles. The number of nitrogens with zero attached hydrogens (tertiary/aromatic N) is 3. The van der Waals surface area contributed by atoms with Gasteiger partial charge in [-0.25, -0.2) is 4.98 Å². The van der Waals surface area contributed by atoms with Crippen LogP contribution in [0.2, 0.25) is 0 Å². The summed E-state index contributed by atoms with van der Waals surface area (Å²) in [5.74, 6) is 0.811. The van der Waals surface area contributed by atoms with Gasteiger partial charge in [-0.15, -0.1) is 24.0 Å². The maximum atomic E-state index is 12.3. The predicted octanol–water partition coefficient (Wildman–Crippen LogP) is 3.98. The summed E-state index contributed by atoms with van der Waals surface area (Å²) in [6.45, 7) is 1.15. The lowest BCUT2D eigenvalue weighted by Crippen LogP contribution is -2.40. The topological polar surface area (TPSA) is 49.8 Å². The Morgan fingerprint density at radius 3 is 2.74 bits per heavy atom. The molecule has 0 unspecified atom stereocenters. The van der Waals surface area contributed by atoms with E-state index >= 15 is 0 Å². The van der Waals surface area contributed by atoms with Crippen LogP contribution in [0.1, 0.15) is 37.7 Å². The molecule has 0 aromatic carbocycles. The van der Waals surface area contributed by atoms with Crippen LogP contribution in [-0.4, -0.2) is 48.8 Å². The second-order valence-corrected chi connectivity index (χ2v) is 7.19. The highest BCUT2D eigenvalue weighted by Gasteiger charge is 2.41. The highest BCUT2D eigenvalue weighted by molar-refractivity contribution is 14.0. The largest absolute Gasteiger partial charge is 0.468 e. The average molecular weight is 498 g/mol. The molecular formula is C18H26F3IN4O. The van der Waals surface area contributed by atoms with Crippen LogP contribution in [0.3, 0.4) is 0 Å². The quantitative estimate of drug-likeness (QED) is 0.388. The summed E-state index contributed by atoms with van der Waals surface area (Å²) in [5, 5.41) is 3.30. The molecule has 2 aliphatic rings. The van der Waals surface area contributed by atoms with E-state index in [1.54, 1.807) is 13.1 Å². The lowest BCUT2D eigenvalue weighted by molar-refractivity contribution is -0.154. The Bertz CT molecular complexity index is 648. The molecule has 1 saturated heterocycles. The lowest BCUT2D eigenvalue weighted by atomic mass is 9.86. The summed E-state index contributed by atoms with van der Waals surface area (Å²) in [7, 11) is 1.76. The van der Waals surface area contributed by atoms with Gasteiger partial charge in [0.1, 0.15) is 0 Å². The summed E-state index contributed by atoms with van der Waals surface area (Å²) in [6.07, 6.45) is 3.52. The predicted molar refractivity (Wildman–Crippen MR) is 108 cm³/mol. The molecule has 27 heavy (non-hydrogen) atoms. The van der Waals surface area contributed by atoms with Crippen LogP contribution in [0, 0.1) is 5.41 Å². The number of aliphatic imine (C=N–C) groups is 1. The minimum absolute atomic E-state index is 0. The SMILES string of the molecule is CN=C(NCc1ccnc(OCC(F)(F)F)c1)N1CCC2(CCCC2)C1.I. The van der Waals surface area contributed by atoms with Crippen LogP contribution >= 0.6 is 24.0 Å². The summed E-state index contributed by atoms with van der Waals surface area (Å²) in [5.41, 5.74) is 1.25. The molecule has 1 aliphatic carbocycles. The van der Waals surface area contributed by atoms with Crippen molar-refractivity contribution in [3.8, 4) is 5.88 Å². The first-order chi connectivity index (χ1) is 12.4. The monoisotopic (exact) mass is 498 g/mol. The molecule has 3 rings (SSSR count). The van der Waals surface area contributed by atoms with Crippen LogP contribution in [0.5, 0.6) is 5.88 Å². The number of nitrogens with one attached hydrogen (secondary N) is 1. The molecule has 0 radical (unpaired) electrons. The van der Waals surface area contributed by atoms with Gasteiger partial charge >= 0.3 is 6.18 Å². The third kappa shape index (κ3) is 6.11. The highest BCUT2D eigenvalue weighted by atomic mass is 127. The summed E-state index contributed by atoms with van der Waals surface area (Å²) < 4.78 is 41.5. The Labute approximate surface area is 174 Å². The van der Waals surface area contributed by atoms with Gasteiger partial charge < -0.3 is 15.0 Å². The van der Waals surface area contributed by atoms with Gasteiger partial charge in [0.15, 0.2) is 12.6 Å². The third-order valence-electron chi connectivity index (χ3n) is 5.25. The van der Waals surface area contributed by atoms with E-state index in [1.165, 1.54) is 44.4 Å². The van der Waals surface area contributed by atoms with Gasteiger partial charge in [-0.3, -0.25) is 4.99 Å². The Hall–Kier alpha value is -1.26. The molecule has 0 amide bonds. The number of alkyl halides is 3. The van der Waals surface area contributed by atoms with Crippen molar-refractivity contribution in [2.24, 2.45) is 10.4 Å². The van der Waals surface area contributed by atoms with E-state index in [4.69, 9.17) is 4.74 Å². The van der Waals surface area contributed by atoms with E-state index in [2.05, 4.69) is 20.2 Å². The zero-order valence-electron chi connectivity index (χ0n) is 15.4. The maximum Gasteiger partial charge on any atom is 0.422 e. The maximum absolute atomic E-state index is 12.3. The van der Waals surface area contributed by atoms with E-state index in [1.807, 2.05) is 0 Å². The van der Waals surface area contributed by atoms with Crippen molar-refractivity contribution in [3.63, 3.8) is 0 Å². The van der Waals surface area contributed by atoms with E-state index in [0.717, 1.165) is 24.6 Å². The Balaban J connectivity index is 0.00000261. The van der Waals surface area contributed by atoms with Crippen molar-refractivity contribution in [2.45, 2.75) is 44.8 Å². The normalized spacial score (nSPS) is 19.3. The molecule has 2 heterocycles.